The van der Waals surface area contributed by atoms with Crippen molar-refractivity contribution in [3.05, 3.63) is 60.4 Å². The number of rotatable bonds is 6. The Morgan fingerprint density at radius 2 is 2.19 bits per heavy atom. The summed E-state index contributed by atoms with van der Waals surface area (Å²) in [5, 5.41) is 3.06. The normalized spacial score (nSPS) is 12.5. The van der Waals surface area contributed by atoms with Crippen LogP contribution >= 0.6 is 11.8 Å². The van der Waals surface area contributed by atoms with Gasteiger partial charge in [-0.15, -0.1) is 0 Å². The summed E-state index contributed by atoms with van der Waals surface area (Å²) < 4.78 is 1.73. The zero-order valence-electron chi connectivity index (χ0n) is 14.2. The van der Waals surface area contributed by atoms with Crippen LogP contribution in [0.4, 0.5) is 0 Å². The lowest BCUT2D eigenvalue weighted by atomic mass is 10.2. The van der Waals surface area contributed by atoms with E-state index in [-0.39, 0.29) is 11.9 Å². The highest BCUT2D eigenvalue weighted by atomic mass is 32.2. The van der Waals surface area contributed by atoms with Gasteiger partial charge in [0, 0.05) is 18.6 Å². The van der Waals surface area contributed by atoms with Gasteiger partial charge in [-0.2, -0.15) is 11.8 Å². The van der Waals surface area contributed by atoms with Gasteiger partial charge in [-0.25, -0.2) is 15.0 Å². The molecule has 0 fully saturated rings. The number of aromatic amines is 1. The Balaban J connectivity index is 1.60. The molecule has 1 atom stereocenters. The highest BCUT2D eigenvalue weighted by Gasteiger charge is 2.20. The average Bonchev–Trinajstić information content (AvgIpc) is 3.28. The molecule has 3 aromatic heterocycles. The van der Waals surface area contributed by atoms with Crippen LogP contribution in [0.1, 0.15) is 28.8 Å². The molecular weight excluding hydrogens is 348 g/mol. The summed E-state index contributed by atoms with van der Waals surface area (Å²) in [7, 11) is 0. The number of amides is 1. The van der Waals surface area contributed by atoms with Crippen LogP contribution in [0, 0.1) is 0 Å². The fraction of sp³-hybridized carbons (Fsp3) is 0.222. The predicted molar refractivity (Wildman–Crippen MR) is 102 cm³/mol. The maximum Gasteiger partial charge on any atom is 0.272 e. The van der Waals surface area contributed by atoms with Crippen molar-refractivity contribution in [2.75, 3.05) is 12.0 Å². The van der Waals surface area contributed by atoms with Crippen LogP contribution in [0.3, 0.4) is 0 Å². The van der Waals surface area contributed by atoms with E-state index in [1.165, 1.54) is 0 Å². The van der Waals surface area contributed by atoms with E-state index >= 15 is 0 Å². The van der Waals surface area contributed by atoms with Crippen molar-refractivity contribution in [3.8, 4) is 0 Å². The molecule has 0 saturated heterocycles. The molecule has 7 nitrogen and oxygen atoms in total. The molecule has 132 valence electrons. The second-order valence-corrected chi connectivity index (χ2v) is 6.89. The average molecular weight is 366 g/mol. The van der Waals surface area contributed by atoms with Crippen LogP contribution in [0.2, 0.25) is 0 Å². The fourth-order valence-corrected chi connectivity index (χ4v) is 3.29. The maximum absolute atomic E-state index is 12.7. The number of imidazole rings is 2. The molecule has 0 aliphatic carbocycles. The summed E-state index contributed by atoms with van der Waals surface area (Å²) in [6, 6.07) is 9.44. The summed E-state index contributed by atoms with van der Waals surface area (Å²) >= 11 is 1.74. The summed E-state index contributed by atoms with van der Waals surface area (Å²) in [4.78, 5) is 29.1. The molecule has 0 saturated carbocycles. The van der Waals surface area contributed by atoms with Gasteiger partial charge in [0.25, 0.3) is 5.91 Å². The Morgan fingerprint density at radius 1 is 1.31 bits per heavy atom. The monoisotopic (exact) mass is 366 g/mol. The van der Waals surface area contributed by atoms with E-state index in [0.717, 1.165) is 29.0 Å². The number of carbonyl (C=O) groups is 1. The number of para-hydroxylation sites is 2. The molecule has 1 aromatic carbocycles. The Morgan fingerprint density at radius 3 is 3.00 bits per heavy atom. The summed E-state index contributed by atoms with van der Waals surface area (Å²) in [6.07, 6.45) is 7.97. The molecule has 0 bridgehead atoms. The van der Waals surface area contributed by atoms with Crippen molar-refractivity contribution in [3.63, 3.8) is 0 Å². The lowest BCUT2D eigenvalue weighted by Gasteiger charge is -2.15. The molecule has 0 radical (unpaired) electrons. The van der Waals surface area contributed by atoms with Gasteiger partial charge < -0.3 is 10.3 Å². The minimum Gasteiger partial charge on any atom is -0.341 e. The first-order valence-corrected chi connectivity index (χ1v) is 9.68. The third kappa shape index (κ3) is 3.28. The van der Waals surface area contributed by atoms with Gasteiger partial charge in [-0.05, 0) is 36.6 Å². The molecule has 0 aliphatic rings. The highest BCUT2D eigenvalue weighted by molar-refractivity contribution is 7.98. The van der Waals surface area contributed by atoms with Crippen molar-refractivity contribution < 1.29 is 4.79 Å². The summed E-state index contributed by atoms with van der Waals surface area (Å²) in [5.74, 6) is 1.94. The van der Waals surface area contributed by atoms with Crippen LogP contribution in [-0.2, 0) is 0 Å². The maximum atomic E-state index is 12.7. The number of benzene rings is 1. The highest BCUT2D eigenvalue weighted by Crippen LogP contribution is 2.20. The standard InChI is InChI=1S/C18H18N6OS/c1-26-10-7-14(16-20-12-5-2-3-6-13(12)21-16)22-17(25)15-11-24-9-4-8-19-18(24)23-15/h2-6,8-9,11,14H,7,10H2,1H3,(H,20,21)(H,22,25)/t14-/m0/s1. The lowest BCUT2D eigenvalue weighted by Crippen LogP contribution is -2.30. The van der Waals surface area contributed by atoms with Gasteiger partial charge in [-0.1, -0.05) is 12.1 Å². The topological polar surface area (TPSA) is 88.0 Å². The zero-order chi connectivity index (χ0) is 17.9. The number of carbonyl (C=O) groups excluding carboxylic acids is 1. The van der Waals surface area contributed by atoms with Crippen molar-refractivity contribution in [2.24, 2.45) is 0 Å². The second-order valence-electron chi connectivity index (χ2n) is 5.90. The van der Waals surface area contributed by atoms with Crippen molar-refractivity contribution >= 4 is 34.5 Å². The predicted octanol–water partition coefficient (Wildman–Crippen LogP) is 2.83. The number of nitrogens with zero attached hydrogens (tertiary/aromatic N) is 4. The minimum absolute atomic E-state index is 0.208. The molecule has 0 unspecified atom stereocenters. The number of nitrogens with one attached hydrogen (secondary N) is 2. The van der Waals surface area contributed by atoms with Gasteiger partial charge in [-0.3, -0.25) is 9.20 Å². The number of thioether (sulfide) groups is 1. The Kier molecular flexibility index (Phi) is 4.57. The molecule has 26 heavy (non-hydrogen) atoms. The molecule has 0 spiro atoms. The zero-order valence-corrected chi connectivity index (χ0v) is 15.0. The molecule has 3 heterocycles. The fourth-order valence-electron chi connectivity index (χ4n) is 2.82. The molecule has 4 rings (SSSR count). The number of H-pyrrole nitrogens is 1. The van der Waals surface area contributed by atoms with Crippen LogP contribution < -0.4 is 5.32 Å². The van der Waals surface area contributed by atoms with E-state index in [2.05, 4.69) is 25.3 Å². The first-order valence-electron chi connectivity index (χ1n) is 8.29. The van der Waals surface area contributed by atoms with Crippen LogP contribution in [0.5, 0.6) is 0 Å². The molecular formula is C18H18N6OS. The molecule has 2 N–H and O–H groups in total. The van der Waals surface area contributed by atoms with Crippen molar-refractivity contribution in [2.45, 2.75) is 12.5 Å². The number of fused-ring (bicyclic) bond motifs is 2. The largest absolute Gasteiger partial charge is 0.341 e. The minimum atomic E-state index is -0.234. The molecule has 8 heteroatoms. The summed E-state index contributed by atoms with van der Waals surface area (Å²) in [5.41, 5.74) is 2.19. The quantitative estimate of drug-likeness (QED) is 0.548. The third-order valence-corrected chi connectivity index (χ3v) is 4.77. The van der Waals surface area contributed by atoms with Crippen molar-refractivity contribution in [1.82, 2.24) is 29.7 Å². The number of hydrogen-bond acceptors (Lipinski definition) is 5. The molecule has 4 aromatic rings. The van der Waals surface area contributed by atoms with E-state index in [4.69, 9.17) is 0 Å². The molecule has 0 aliphatic heterocycles. The Hall–Kier alpha value is -2.87. The first kappa shape index (κ1) is 16.6. The van der Waals surface area contributed by atoms with Gasteiger partial charge in [0.15, 0.2) is 0 Å². The number of aromatic nitrogens is 5. The molecule has 1 amide bonds. The summed E-state index contributed by atoms with van der Waals surface area (Å²) in [6.45, 7) is 0. The SMILES string of the molecule is CSCC[C@H](NC(=O)c1cn2cccnc2n1)c1nc2ccccc2[nH]1. The van der Waals surface area contributed by atoms with Gasteiger partial charge in [0.05, 0.1) is 17.1 Å². The third-order valence-electron chi connectivity index (χ3n) is 4.12. The van der Waals surface area contributed by atoms with E-state index in [0.29, 0.717) is 11.5 Å². The Labute approximate surface area is 154 Å². The van der Waals surface area contributed by atoms with Crippen LogP contribution in [0.25, 0.3) is 16.8 Å². The van der Waals surface area contributed by atoms with Crippen LogP contribution in [-0.4, -0.2) is 42.3 Å². The van der Waals surface area contributed by atoms with Gasteiger partial charge in [0.2, 0.25) is 5.78 Å². The van der Waals surface area contributed by atoms with E-state index in [1.807, 2.05) is 36.7 Å². The van der Waals surface area contributed by atoms with Crippen molar-refractivity contribution in [1.29, 1.82) is 0 Å². The van der Waals surface area contributed by atoms with Gasteiger partial charge >= 0.3 is 0 Å². The van der Waals surface area contributed by atoms with E-state index in [9.17, 15) is 4.79 Å². The number of hydrogen-bond donors (Lipinski definition) is 2. The van der Waals surface area contributed by atoms with Crippen LogP contribution in [0.15, 0.2) is 48.9 Å². The Bertz CT molecular complexity index is 990. The lowest BCUT2D eigenvalue weighted by molar-refractivity contribution is 0.0929. The second kappa shape index (κ2) is 7.17. The first-order chi connectivity index (χ1) is 12.7. The van der Waals surface area contributed by atoms with E-state index < -0.39 is 0 Å². The smallest absolute Gasteiger partial charge is 0.272 e. The van der Waals surface area contributed by atoms with E-state index in [1.54, 1.807) is 34.6 Å². The van der Waals surface area contributed by atoms with Gasteiger partial charge in [0.1, 0.15) is 11.5 Å².